The van der Waals surface area contributed by atoms with Gasteiger partial charge in [0.25, 0.3) is 0 Å². The van der Waals surface area contributed by atoms with E-state index in [9.17, 15) is 19.5 Å². The number of carbonyl (C=O) groups is 3. The van der Waals surface area contributed by atoms with Gasteiger partial charge in [-0.25, -0.2) is 0 Å². The predicted molar refractivity (Wildman–Crippen MR) is 97.1 cm³/mol. The molecule has 0 radical (unpaired) electrons. The first-order chi connectivity index (χ1) is 12.2. The summed E-state index contributed by atoms with van der Waals surface area (Å²) in [6.07, 6.45) is 8.55. The lowest BCUT2D eigenvalue weighted by molar-refractivity contribution is -0.145. The van der Waals surface area contributed by atoms with E-state index in [1.807, 2.05) is 6.08 Å². The Morgan fingerprint density at radius 2 is 2.04 bits per heavy atom. The van der Waals surface area contributed by atoms with Gasteiger partial charge in [0, 0.05) is 17.3 Å². The number of hydrogen-bond acceptors (Lipinski definition) is 4. The molecule has 140 valence electrons. The molecule has 0 heterocycles. The summed E-state index contributed by atoms with van der Waals surface area (Å²) in [5.41, 5.74) is 0.542. The van der Waals surface area contributed by atoms with Crippen LogP contribution < -0.4 is 0 Å². The van der Waals surface area contributed by atoms with Crippen LogP contribution in [0.3, 0.4) is 0 Å². The normalized spacial score (nSPS) is 49.7. The third-order valence-electron chi connectivity index (χ3n) is 8.27. The van der Waals surface area contributed by atoms with Crippen molar-refractivity contribution in [2.75, 3.05) is 0 Å². The fraction of sp³-hybridized carbons (Fsp3) is 0.682. The van der Waals surface area contributed by atoms with Crippen LogP contribution in [0.5, 0.6) is 0 Å². The zero-order valence-electron chi connectivity index (χ0n) is 15.8. The number of aldehydes is 1. The van der Waals surface area contributed by atoms with Crippen molar-refractivity contribution in [1.82, 2.24) is 0 Å². The summed E-state index contributed by atoms with van der Waals surface area (Å²) in [5.74, 6) is 0.474. The molecule has 0 saturated heterocycles. The van der Waals surface area contributed by atoms with Gasteiger partial charge in [0.05, 0.1) is 6.10 Å². The van der Waals surface area contributed by atoms with Crippen LogP contribution in [-0.4, -0.2) is 29.1 Å². The second-order valence-corrected chi connectivity index (χ2v) is 9.48. The molecule has 1 unspecified atom stereocenters. The summed E-state index contributed by atoms with van der Waals surface area (Å²) in [4.78, 5) is 35.3. The molecule has 4 aliphatic carbocycles. The summed E-state index contributed by atoms with van der Waals surface area (Å²) >= 11 is 0. The van der Waals surface area contributed by atoms with E-state index in [0.717, 1.165) is 24.8 Å². The minimum atomic E-state index is -0.528. The molecule has 4 aliphatic rings. The van der Waals surface area contributed by atoms with Crippen molar-refractivity contribution >= 4 is 17.9 Å². The fourth-order valence-electron chi connectivity index (χ4n) is 7.30. The maximum Gasteiger partial charge on any atom is 0.198 e. The quantitative estimate of drug-likeness (QED) is 0.610. The molecule has 0 bridgehead atoms. The van der Waals surface area contributed by atoms with Crippen molar-refractivity contribution in [3.8, 4) is 0 Å². The van der Waals surface area contributed by atoms with Gasteiger partial charge in [-0.15, -0.1) is 0 Å². The largest absolute Gasteiger partial charge is 0.393 e. The van der Waals surface area contributed by atoms with Gasteiger partial charge in [-0.05, 0) is 61.0 Å². The minimum absolute atomic E-state index is 0.0374. The van der Waals surface area contributed by atoms with Crippen LogP contribution in [0.1, 0.15) is 46.5 Å². The molecular formula is C22H28O4. The van der Waals surface area contributed by atoms with Crippen LogP contribution in [0.15, 0.2) is 23.8 Å². The van der Waals surface area contributed by atoms with E-state index in [-0.39, 0.29) is 40.2 Å². The number of allylic oxidation sites excluding steroid dienone is 4. The molecule has 0 aliphatic heterocycles. The van der Waals surface area contributed by atoms with Gasteiger partial charge in [0.1, 0.15) is 0 Å². The Kier molecular flexibility index (Phi) is 3.93. The molecule has 0 aromatic carbocycles. The molecule has 26 heavy (non-hydrogen) atoms. The summed E-state index contributed by atoms with van der Waals surface area (Å²) in [5, 5.41) is 11.2. The number of carbonyl (C=O) groups excluding carboxylic acids is 3. The van der Waals surface area contributed by atoms with Crippen LogP contribution in [0.2, 0.25) is 0 Å². The highest BCUT2D eigenvalue weighted by Crippen LogP contribution is 2.66. The van der Waals surface area contributed by atoms with E-state index in [4.69, 9.17) is 0 Å². The molecule has 0 amide bonds. The van der Waals surface area contributed by atoms with Crippen LogP contribution >= 0.6 is 0 Å². The van der Waals surface area contributed by atoms with Crippen molar-refractivity contribution in [2.24, 2.45) is 40.4 Å². The topological polar surface area (TPSA) is 71.4 Å². The number of aliphatic hydroxyl groups is 1. The average Bonchev–Trinajstić information content (AvgIpc) is 2.92. The highest BCUT2D eigenvalue weighted by molar-refractivity contribution is 6.26. The third kappa shape index (κ3) is 2.20. The first-order valence-electron chi connectivity index (χ1n) is 9.84. The van der Waals surface area contributed by atoms with Crippen LogP contribution in [-0.2, 0) is 14.4 Å². The zero-order valence-corrected chi connectivity index (χ0v) is 15.8. The second kappa shape index (κ2) is 5.72. The van der Waals surface area contributed by atoms with E-state index in [2.05, 4.69) is 20.8 Å². The number of fused-ring (bicyclic) bond motifs is 5. The molecule has 0 spiro atoms. The maximum absolute atomic E-state index is 12.2. The van der Waals surface area contributed by atoms with Crippen molar-refractivity contribution in [1.29, 1.82) is 0 Å². The zero-order chi connectivity index (χ0) is 18.9. The molecule has 0 aromatic rings. The van der Waals surface area contributed by atoms with E-state index in [0.29, 0.717) is 24.5 Å². The van der Waals surface area contributed by atoms with Gasteiger partial charge in [-0.3, -0.25) is 14.4 Å². The predicted octanol–water partition coefficient (Wildman–Crippen LogP) is 2.90. The first kappa shape index (κ1) is 17.8. The Balaban J connectivity index is 1.76. The maximum atomic E-state index is 12.2. The summed E-state index contributed by atoms with van der Waals surface area (Å²) in [7, 11) is 0. The molecular weight excluding hydrogens is 328 g/mol. The molecule has 3 fully saturated rings. The van der Waals surface area contributed by atoms with Crippen molar-refractivity contribution in [3.05, 3.63) is 23.8 Å². The van der Waals surface area contributed by atoms with Crippen LogP contribution in [0.4, 0.5) is 0 Å². The van der Waals surface area contributed by atoms with Crippen LogP contribution in [0, 0.1) is 40.4 Å². The molecule has 3 saturated carbocycles. The standard InChI is InChI=1S/C22H28O4/c1-12-8-14-15-4-5-16(19(26)11-23)22(15,3)10-18(25)20(14)21(2)7-6-13(24)9-17(12)21/h6-7,9,11-12,14-16,18,20,25H,4-5,8,10H2,1-3H3/t12-,14?,15-,16+,18-,20+,21-,22-/m0/s1. The van der Waals surface area contributed by atoms with Gasteiger partial charge in [-0.1, -0.05) is 32.4 Å². The van der Waals surface area contributed by atoms with Crippen molar-refractivity contribution in [3.63, 3.8) is 0 Å². The van der Waals surface area contributed by atoms with Gasteiger partial charge in [0.2, 0.25) is 0 Å². The smallest absolute Gasteiger partial charge is 0.198 e. The lowest BCUT2D eigenvalue weighted by atomic mass is 9.45. The molecule has 4 nitrogen and oxygen atoms in total. The summed E-state index contributed by atoms with van der Waals surface area (Å²) in [6, 6.07) is 0. The SMILES string of the molecule is C[C@H]1CC2[C@H]([C@@H](O)C[C@]3(C)[C@@H](C(=O)C=O)CC[C@@H]23)[C@@]2(C)C=CC(=O)C=C12. The monoisotopic (exact) mass is 356 g/mol. The second-order valence-electron chi connectivity index (χ2n) is 9.48. The third-order valence-corrected chi connectivity index (χ3v) is 8.27. The highest BCUT2D eigenvalue weighted by Gasteiger charge is 2.63. The molecule has 4 rings (SSSR count). The van der Waals surface area contributed by atoms with Gasteiger partial charge in [0.15, 0.2) is 17.9 Å². The molecule has 1 N–H and O–H groups in total. The Labute approximate surface area is 154 Å². The lowest BCUT2D eigenvalue weighted by Crippen LogP contribution is -2.57. The highest BCUT2D eigenvalue weighted by atomic mass is 16.3. The molecule has 4 heteroatoms. The van der Waals surface area contributed by atoms with Gasteiger partial charge >= 0.3 is 0 Å². The van der Waals surface area contributed by atoms with Gasteiger partial charge < -0.3 is 5.11 Å². The number of rotatable bonds is 2. The number of hydrogen-bond donors (Lipinski definition) is 1. The Hall–Kier alpha value is -1.55. The minimum Gasteiger partial charge on any atom is -0.393 e. The molecule has 8 atom stereocenters. The van der Waals surface area contributed by atoms with E-state index < -0.39 is 6.10 Å². The number of aliphatic hydroxyl groups excluding tert-OH is 1. The number of Topliss-reactive ketones (excluding diaryl/α,β-unsaturated/α-hetero) is 1. The van der Waals surface area contributed by atoms with Crippen LogP contribution in [0.25, 0.3) is 0 Å². The van der Waals surface area contributed by atoms with Gasteiger partial charge in [-0.2, -0.15) is 0 Å². The van der Waals surface area contributed by atoms with Crippen molar-refractivity contribution in [2.45, 2.75) is 52.6 Å². The van der Waals surface area contributed by atoms with E-state index >= 15 is 0 Å². The average molecular weight is 356 g/mol. The Morgan fingerprint density at radius 1 is 1.31 bits per heavy atom. The van der Waals surface area contributed by atoms with Crippen molar-refractivity contribution < 1.29 is 19.5 Å². The Bertz CT molecular complexity index is 734. The van der Waals surface area contributed by atoms with E-state index in [1.54, 1.807) is 12.2 Å². The first-order valence-corrected chi connectivity index (χ1v) is 9.84. The summed E-state index contributed by atoms with van der Waals surface area (Å²) in [6.45, 7) is 6.44. The van der Waals surface area contributed by atoms with E-state index in [1.165, 1.54) is 0 Å². The summed E-state index contributed by atoms with van der Waals surface area (Å²) < 4.78 is 0. The number of ketones is 2. The lowest BCUT2D eigenvalue weighted by Gasteiger charge is -2.60. The molecule has 0 aromatic heterocycles. The fourth-order valence-corrected chi connectivity index (χ4v) is 7.30. The Morgan fingerprint density at radius 3 is 2.73 bits per heavy atom.